The summed E-state index contributed by atoms with van der Waals surface area (Å²) < 4.78 is 5.64. The van der Waals surface area contributed by atoms with E-state index in [1.54, 1.807) is 0 Å². The Hall–Kier alpha value is -2.60. The van der Waals surface area contributed by atoms with Gasteiger partial charge in [-0.05, 0) is 56.4 Å². The predicted octanol–water partition coefficient (Wildman–Crippen LogP) is 3.92. The number of amidine groups is 1. The van der Waals surface area contributed by atoms with Crippen molar-refractivity contribution in [3.8, 4) is 5.75 Å². The number of hydrogen-bond donors (Lipinski definition) is 0. The van der Waals surface area contributed by atoms with Crippen molar-refractivity contribution < 1.29 is 14.3 Å². The summed E-state index contributed by atoms with van der Waals surface area (Å²) in [5.41, 5.74) is 1.61. The van der Waals surface area contributed by atoms with Crippen molar-refractivity contribution in [3.05, 3.63) is 60.2 Å². The molecule has 0 aliphatic carbocycles. The van der Waals surface area contributed by atoms with Crippen molar-refractivity contribution in [3.63, 3.8) is 0 Å². The molecule has 27 heavy (non-hydrogen) atoms. The molecular formula is C21H22N2O3S. The molecule has 0 spiro atoms. The molecule has 0 unspecified atom stereocenters. The van der Waals surface area contributed by atoms with Crippen LogP contribution in [-0.4, -0.2) is 29.3 Å². The summed E-state index contributed by atoms with van der Waals surface area (Å²) in [6.45, 7) is 3.93. The molecule has 0 saturated carbocycles. The zero-order valence-electron chi connectivity index (χ0n) is 15.6. The molecule has 0 bridgehead atoms. The first-order chi connectivity index (χ1) is 13.0. The van der Waals surface area contributed by atoms with Gasteiger partial charge in [-0.2, -0.15) is 4.99 Å². The van der Waals surface area contributed by atoms with Gasteiger partial charge in [-0.3, -0.25) is 14.5 Å². The molecule has 0 saturated heterocycles. The van der Waals surface area contributed by atoms with Crippen LogP contribution in [0.15, 0.2) is 59.6 Å². The first-order valence-corrected chi connectivity index (χ1v) is 10.0. The number of amides is 2. The number of benzene rings is 2. The van der Waals surface area contributed by atoms with Gasteiger partial charge in [-0.15, -0.1) is 0 Å². The zero-order valence-corrected chi connectivity index (χ0v) is 16.4. The van der Waals surface area contributed by atoms with Crippen LogP contribution < -0.4 is 9.64 Å². The number of carbonyl (C=O) groups excluding carboxylic acids is 2. The molecule has 1 aliphatic rings. The Bertz CT molecular complexity index is 847. The number of thioether (sulfide) groups is 1. The van der Waals surface area contributed by atoms with Gasteiger partial charge < -0.3 is 4.74 Å². The topological polar surface area (TPSA) is 59.0 Å². The Morgan fingerprint density at radius 2 is 1.74 bits per heavy atom. The summed E-state index contributed by atoms with van der Waals surface area (Å²) >= 11 is 1.29. The Kier molecular flexibility index (Phi) is 5.96. The van der Waals surface area contributed by atoms with E-state index in [1.807, 2.05) is 74.7 Å². The van der Waals surface area contributed by atoms with E-state index in [0.29, 0.717) is 17.3 Å². The van der Waals surface area contributed by atoms with Crippen molar-refractivity contribution in [2.45, 2.75) is 26.4 Å². The molecule has 3 rings (SSSR count). The second-order valence-corrected chi connectivity index (χ2v) is 7.29. The van der Waals surface area contributed by atoms with E-state index in [4.69, 9.17) is 4.74 Å². The smallest absolute Gasteiger partial charge is 0.261 e. The van der Waals surface area contributed by atoms with E-state index in [9.17, 15) is 9.59 Å². The average molecular weight is 382 g/mol. The van der Waals surface area contributed by atoms with E-state index in [0.717, 1.165) is 11.3 Å². The standard InChI is InChI=1S/C21H22N2O3S/c1-14(2)26-17-11-9-15(10-12-17)13-18-19(24)22-21(27-3)23(20(18)25)16-7-5-4-6-8-16/h4-12,14,18H,13H2,1-3H3/t18-/m0/s1. The number of rotatable bonds is 5. The largest absolute Gasteiger partial charge is 0.491 e. The Balaban J connectivity index is 1.84. The zero-order chi connectivity index (χ0) is 19.4. The van der Waals surface area contributed by atoms with Gasteiger partial charge in [0, 0.05) is 0 Å². The van der Waals surface area contributed by atoms with Crippen molar-refractivity contribution in [2.75, 3.05) is 11.2 Å². The monoisotopic (exact) mass is 382 g/mol. The number of para-hydroxylation sites is 1. The second kappa shape index (κ2) is 8.39. The third kappa shape index (κ3) is 4.39. The molecule has 1 aliphatic heterocycles. The van der Waals surface area contributed by atoms with Gasteiger partial charge >= 0.3 is 0 Å². The minimum atomic E-state index is -0.821. The highest BCUT2D eigenvalue weighted by Gasteiger charge is 2.38. The number of nitrogens with zero attached hydrogens (tertiary/aromatic N) is 2. The van der Waals surface area contributed by atoms with E-state index in [2.05, 4.69) is 4.99 Å². The average Bonchev–Trinajstić information content (AvgIpc) is 2.66. The van der Waals surface area contributed by atoms with Gasteiger partial charge in [0.25, 0.3) is 5.91 Å². The van der Waals surface area contributed by atoms with Gasteiger partial charge in [0.1, 0.15) is 11.7 Å². The minimum absolute atomic E-state index is 0.0936. The molecule has 1 atom stereocenters. The van der Waals surface area contributed by atoms with Crippen LogP contribution in [0.2, 0.25) is 0 Å². The molecule has 2 aromatic carbocycles. The number of carbonyl (C=O) groups is 2. The van der Waals surface area contributed by atoms with E-state index < -0.39 is 5.92 Å². The number of hydrogen-bond acceptors (Lipinski definition) is 4. The number of anilines is 1. The first kappa shape index (κ1) is 19.2. The second-order valence-electron chi connectivity index (χ2n) is 6.51. The number of ether oxygens (including phenoxy) is 1. The summed E-state index contributed by atoms with van der Waals surface area (Å²) in [6.07, 6.45) is 2.22. The fourth-order valence-electron chi connectivity index (χ4n) is 2.92. The lowest BCUT2D eigenvalue weighted by atomic mass is 9.96. The van der Waals surface area contributed by atoms with Crippen molar-refractivity contribution in [1.29, 1.82) is 0 Å². The van der Waals surface area contributed by atoms with Crippen LogP contribution in [0.1, 0.15) is 19.4 Å². The molecule has 2 amide bonds. The van der Waals surface area contributed by atoms with Gasteiger partial charge in [0.2, 0.25) is 5.91 Å². The molecule has 0 radical (unpaired) electrons. The van der Waals surface area contributed by atoms with Crippen LogP contribution in [0.3, 0.4) is 0 Å². The van der Waals surface area contributed by atoms with Crippen molar-refractivity contribution in [2.24, 2.45) is 10.9 Å². The van der Waals surface area contributed by atoms with Gasteiger partial charge in [0.15, 0.2) is 5.17 Å². The van der Waals surface area contributed by atoms with Crippen LogP contribution in [0, 0.1) is 5.92 Å². The lowest BCUT2D eigenvalue weighted by Crippen LogP contribution is -2.47. The van der Waals surface area contributed by atoms with Crippen LogP contribution in [-0.2, 0) is 16.0 Å². The highest BCUT2D eigenvalue weighted by atomic mass is 32.2. The normalized spacial score (nSPS) is 17.3. The summed E-state index contributed by atoms with van der Waals surface area (Å²) in [4.78, 5) is 31.3. The third-order valence-corrected chi connectivity index (χ3v) is 4.78. The van der Waals surface area contributed by atoms with Crippen LogP contribution in [0.25, 0.3) is 0 Å². The maximum Gasteiger partial charge on any atom is 0.261 e. The predicted molar refractivity (Wildman–Crippen MR) is 109 cm³/mol. The SMILES string of the molecule is CSC1=NC(=O)[C@H](Cc2ccc(OC(C)C)cc2)C(=O)N1c1ccccc1. The highest BCUT2D eigenvalue weighted by Crippen LogP contribution is 2.27. The van der Waals surface area contributed by atoms with E-state index in [1.165, 1.54) is 16.7 Å². The molecule has 2 aromatic rings. The molecule has 1 heterocycles. The van der Waals surface area contributed by atoms with Crippen LogP contribution in [0.4, 0.5) is 5.69 Å². The summed E-state index contributed by atoms with van der Waals surface area (Å²) in [5.74, 6) is -0.686. The lowest BCUT2D eigenvalue weighted by Gasteiger charge is -2.30. The molecule has 0 aromatic heterocycles. The summed E-state index contributed by atoms with van der Waals surface area (Å²) in [7, 11) is 0. The Labute approximate surface area is 163 Å². The van der Waals surface area contributed by atoms with Gasteiger partial charge in [-0.25, -0.2) is 0 Å². The van der Waals surface area contributed by atoms with Crippen molar-refractivity contribution in [1.82, 2.24) is 0 Å². The van der Waals surface area contributed by atoms with E-state index >= 15 is 0 Å². The minimum Gasteiger partial charge on any atom is -0.491 e. The Morgan fingerprint density at radius 1 is 1.07 bits per heavy atom. The molecule has 6 heteroatoms. The highest BCUT2D eigenvalue weighted by molar-refractivity contribution is 8.13. The van der Waals surface area contributed by atoms with Crippen LogP contribution in [0.5, 0.6) is 5.75 Å². The van der Waals surface area contributed by atoms with Crippen molar-refractivity contribution >= 4 is 34.4 Å². The third-order valence-electron chi connectivity index (χ3n) is 4.15. The molecule has 140 valence electrons. The molecule has 5 nitrogen and oxygen atoms in total. The van der Waals surface area contributed by atoms with Gasteiger partial charge in [-0.1, -0.05) is 42.1 Å². The maximum atomic E-state index is 13.1. The quantitative estimate of drug-likeness (QED) is 0.736. The summed E-state index contributed by atoms with van der Waals surface area (Å²) in [5, 5.41) is 0.410. The maximum absolute atomic E-state index is 13.1. The fraction of sp³-hybridized carbons (Fsp3) is 0.286. The van der Waals surface area contributed by atoms with Crippen LogP contribution >= 0.6 is 11.8 Å². The Morgan fingerprint density at radius 3 is 2.33 bits per heavy atom. The number of aliphatic imine (C=N–C) groups is 1. The van der Waals surface area contributed by atoms with Gasteiger partial charge in [0.05, 0.1) is 11.8 Å². The molecule has 0 fully saturated rings. The first-order valence-electron chi connectivity index (χ1n) is 8.80. The lowest BCUT2D eigenvalue weighted by molar-refractivity contribution is -0.131. The van der Waals surface area contributed by atoms with E-state index in [-0.39, 0.29) is 17.9 Å². The fourth-order valence-corrected chi connectivity index (χ4v) is 3.48. The molecular weight excluding hydrogens is 360 g/mol. The summed E-state index contributed by atoms with van der Waals surface area (Å²) in [6, 6.07) is 16.8. The molecule has 0 N–H and O–H groups in total.